The van der Waals surface area contributed by atoms with E-state index in [1.807, 2.05) is 13.0 Å². The topological polar surface area (TPSA) is 12.0 Å². The van der Waals surface area contributed by atoms with Crippen LogP contribution in [0.5, 0.6) is 0 Å². The Labute approximate surface area is 128 Å². The number of alkyl halides is 3. The summed E-state index contributed by atoms with van der Waals surface area (Å²) in [5, 5.41) is 2.93. The predicted octanol–water partition coefficient (Wildman–Crippen LogP) is 5.53. The Kier molecular flexibility index (Phi) is 4.56. The van der Waals surface area contributed by atoms with Crippen molar-refractivity contribution >= 4 is 21.6 Å². The summed E-state index contributed by atoms with van der Waals surface area (Å²) >= 11 is 3.38. The summed E-state index contributed by atoms with van der Waals surface area (Å²) in [7, 11) is 0. The molecule has 21 heavy (non-hydrogen) atoms. The largest absolute Gasteiger partial charge is 0.416 e. The van der Waals surface area contributed by atoms with Gasteiger partial charge in [-0.25, -0.2) is 4.39 Å². The number of halogens is 5. The van der Waals surface area contributed by atoms with Gasteiger partial charge in [-0.05, 0) is 52.2 Å². The van der Waals surface area contributed by atoms with Crippen molar-refractivity contribution in [1.82, 2.24) is 0 Å². The van der Waals surface area contributed by atoms with Crippen molar-refractivity contribution in [2.24, 2.45) is 0 Å². The molecule has 0 aliphatic heterocycles. The fourth-order valence-electron chi connectivity index (χ4n) is 1.94. The highest BCUT2D eigenvalue weighted by Crippen LogP contribution is 2.33. The van der Waals surface area contributed by atoms with E-state index in [1.165, 1.54) is 0 Å². The van der Waals surface area contributed by atoms with Crippen molar-refractivity contribution in [2.45, 2.75) is 19.6 Å². The smallest absolute Gasteiger partial charge is 0.380 e. The fourth-order valence-corrected chi connectivity index (χ4v) is 2.35. The molecule has 0 aromatic heterocycles. The van der Waals surface area contributed by atoms with Crippen LogP contribution >= 0.6 is 15.9 Å². The summed E-state index contributed by atoms with van der Waals surface area (Å²) in [5.74, 6) is -0.900. The Hall–Kier alpha value is -1.56. The van der Waals surface area contributed by atoms with Gasteiger partial charge < -0.3 is 5.32 Å². The van der Waals surface area contributed by atoms with Gasteiger partial charge in [0.05, 0.1) is 5.56 Å². The quantitative estimate of drug-likeness (QED) is 0.709. The Balaban J connectivity index is 2.26. The second kappa shape index (κ2) is 6.05. The minimum absolute atomic E-state index is 0.00249. The average Bonchev–Trinajstić information content (AvgIpc) is 2.40. The van der Waals surface area contributed by atoms with Gasteiger partial charge in [-0.2, -0.15) is 13.2 Å². The number of rotatable bonds is 3. The molecule has 112 valence electrons. The van der Waals surface area contributed by atoms with Crippen LogP contribution in [0.25, 0.3) is 0 Å². The summed E-state index contributed by atoms with van der Waals surface area (Å²) in [6.45, 7) is 1.84. The van der Waals surface area contributed by atoms with Crippen molar-refractivity contribution in [1.29, 1.82) is 0 Å². The van der Waals surface area contributed by atoms with Crippen LogP contribution in [-0.4, -0.2) is 0 Å². The molecule has 0 atom stereocenters. The van der Waals surface area contributed by atoms with Crippen LogP contribution in [0.15, 0.2) is 40.9 Å². The molecule has 0 amide bonds. The van der Waals surface area contributed by atoms with Crippen LogP contribution < -0.4 is 5.32 Å². The van der Waals surface area contributed by atoms with Crippen LogP contribution in [0.3, 0.4) is 0 Å². The highest BCUT2D eigenvalue weighted by molar-refractivity contribution is 9.10. The van der Waals surface area contributed by atoms with E-state index in [2.05, 4.69) is 21.2 Å². The summed E-state index contributed by atoms with van der Waals surface area (Å²) in [6, 6.07) is 8.13. The molecule has 0 aliphatic rings. The number of aryl methyl sites for hydroxylation is 1. The maximum atomic E-state index is 13.0. The molecule has 2 rings (SSSR count). The number of anilines is 1. The Morgan fingerprint density at radius 1 is 1.14 bits per heavy atom. The lowest BCUT2D eigenvalue weighted by atomic mass is 10.1. The average molecular weight is 362 g/mol. The molecule has 0 heterocycles. The Bertz CT molecular complexity index is 653. The molecule has 0 spiro atoms. The van der Waals surface area contributed by atoms with Crippen LogP contribution in [0.4, 0.5) is 23.2 Å². The third kappa shape index (κ3) is 3.75. The van der Waals surface area contributed by atoms with E-state index in [1.54, 1.807) is 12.1 Å². The van der Waals surface area contributed by atoms with Crippen LogP contribution in [-0.2, 0) is 12.7 Å². The van der Waals surface area contributed by atoms with Crippen molar-refractivity contribution in [3.63, 3.8) is 0 Å². The lowest BCUT2D eigenvalue weighted by molar-refractivity contribution is -0.138. The minimum atomic E-state index is -4.58. The molecule has 1 N–H and O–H groups in total. The maximum Gasteiger partial charge on any atom is 0.416 e. The zero-order chi connectivity index (χ0) is 15.6. The lowest BCUT2D eigenvalue weighted by Gasteiger charge is -2.15. The first-order valence-electron chi connectivity index (χ1n) is 6.13. The standard InChI is InChI=1S/C15H12BrF4N/c1-9-3-2-4-13(14(9)16)21-8-10-5-6-11(17)7-12(10)15(18,19)20/h2-7,21H,8H2,1H3. The minimum Gasteiger partial charge on any atom is -0.380 e. The van der Waals surface area contributed by atoms with Gasteiger partial charge in [0, 0.05) is 16.7 Å². The van der Waals surface area contributed by atoms with E-state index in [0.717, 1.165) is 22.2 Å². The first-order valence-corrected chi connectivity index (χ1v) is 6.93. The fraction of sp³-hybridized carbons (Fsp3) is 0.200. The van der Waals surface area contributed by atoms with Gasteiger partial charge in [-0.3, -0.25) is 0 Å². The summed E-state index contributed by atoms with van der Waals surface area (Å²) in [6.07, 6.45) is -4.58. The van der Waals surface area contributed by atoms with Gasteiger partial charge >= 0.3 is 6.18 Å². The third-order valence-electron chi connectivity index (χ3n) is 3.04. The van der Waals surface area contributed by atoms with Crippen molar-refractivity contribution in [3.05, 3.63) is 63.4 Å². The third-order valence-corrected chi connectivity index (χ3v) is 4.09. The first kappa shape index (κ1) is 15.8. The molecule has 0 aliphatic carbocycles. The molecule has 0 saturated carbocycles. The second-order valence-electron chi connectivity index (χ2n) is 4.59. The Morgan fingerprint density at radius 3 is 2.52 bits per heavy atom. The van der Waals surface area contributed by atoms with Crippen molar-refractivity contribution < 1.29 is 17.6 Å². The zero-order valence-electron chi connectivity index (χ0n) is 11.1. The number of hydrogen-bond donors (Lipinski definition) is 1. The number of hydrogen-bond acceptors (Lipinski definition) is 1. The van der Waals surface area contributed by atoms with Gasteiger partial charge in [0.1, 0.15) is 5.82 Å². The van der Waals surface area contributed by atoms with E-state index in [4.69, 9.17) is 0 Å². The summed E-state index contributed by atoms with van der Waals surface area (Å²) in [5.41, 5.74) is 0.693. The van der Waals surface area contributed by atoms with Crippen LogP contribution in [0, 0.1) is 12.7 Å². The number of nitrogens with one attached hydrogen (secondary N) is 1. The highest BCUT2D eigenvalue weighted by Gasteiger charge is 2.33. The Morgan fingerprint density at radius 2 is 1.86 bits per heavy atom. The molecule has 0 unspecified atom stereocenters. The zero-order valence-corrected chi connectivity index (χ0v) is 12.6. The van der Waals surface area contributed by atoms with E-state index in [0.29, 0.717) is 11.8 Å². The maximum absolute atomic E-state index is 13.0. The molecule has 0 fully saturated rings. The van der Waals surface area contributed by atoms with Gasteiger partial charge in [0.2, 0.25) is 0 Å². The van der Waals surface area contributed by atoms with E-state index in [9.17, 15) is 17.6 Å². The molecule has 6 heteroatoms. The molecule has 1 nitrogen and oxygen atoms in total. The van der Waals surface area contributed by atoms with Gasteiger partial charge in [-0.15, -0.1) is 0 Å². The highest BCUT2D eigenvalue weighted by atomic mass is 79.9. The first-order chi connectivity index (χ1) is 9.79. The molecule has 0 radical (unpaired) electrons. The second-order valence-corrected chi connectivity index (χ2v) is 5.38. The molecule has 0 saturated heterocycles. The molecular weight excluding hydrogens is 350 g/mol. The summed E-state index contributed by atoms with van der Waals surface area (Å²) in [4.78, 5) is 0. The lowest BCUT2D eigenvalue weighted by Crippen LogP contribution is -2.12. The number of benzene rings is 2. The molecule has 2 aromatic rings. The molecular formula is C15H12BrF4N. The normalized spacial score (nSPS) is 11.5. The van der Waals surface area contributed by atoms with Gasteiger partial charge in [0.25, 0.3) is 0 Å². The van der Waals surface area contributed by atoms with Crippen LogP contribution in [0.2, 0.25) is 0 Å². The van der Waals surface area contributed by atoms with E-state index >= 15 is 0 Å². The molecule has 0 bridgehead atoms. The van der Waals surface area contributed by atoms with Gasteiger partial charge in [0.15, 0.2) is 0 Å². The monoisotopic (exact) mass is 361 g/mol. The van der Waals surface area contributed by atoms with E-state index < -0.39 is 17.6 Å². The van der Waals surface area contributed by atoms with Crippen molar-refractivity contribution in [2.75, 3.05) is 5.32 Å². The predicted molar refractivity (Wildman–Crippen MR) is 77.6 cm³/mol. The molecule has 2 aromatic carbocycles. The SMILES string of the molecule is Cc1cccc(NCc2ccc(F)cc2C(F)(F)F)c1Br. The van der Waals surface area contributed by atoms with Crippen LogP contribution in [0.1, 0.15) is 16.7 Å². The summed E-state index contributed by atoms with van der Waals surface area (Å²) < 4.78 is 52.5. The van der Waals surface area contributed by atoms with Crippen molar-refractivity contribution in [3.8, 4) is 0 Å². The van der Waals surface area contributed by atoms with E-state index in [-0.39, 0.29) is 12.1 Å². The van der Waals surface area contributed by atoms with Gasteiger partial charge in [-0.1, -0.05) is 18.2 Å².